The molecule has 1 aromatic carbocycles. The summed E-state index contributed by atoms with van der Waals surface area (Å²) in [6.45, 7) is 4.03. The molecule has 0 amide bonds. The smallest absolute Gasteiger partial charge is 1.00 e. The number of rotatable bonds is 1. The molecule has 0 saturated heterocycles. The maximum absolute atomic E-state index is 5.16. The summed E-state index contributed by atoms with van der Waals surface area (Å²) in [4.78, 5) is 0. The number of methoxy groups -OCH3 is 1. The molecular formula is C9H11BrClLiMgO. The van der Waals surface area contributed by atoms with Crippen molar-refractivity contribution in [1.29, 1.82) is 0 Å². The van der Waals surface area contributed by atoms with Crippen LogP contribution in [-0.4, -0.2) is 30.2 Å². The molecule has 5 heteroatoms. The second kappa shape index (κ2) is 12.2. The topological polar surface area (TPSA) is 9.23 Å². The van der Waals surface area contributed by atoms with Crippen molar-refractivity contribution in [3.8, 4) is 5.75 Å². The second-order valence-electron chi connectivity index (χ2n) is 2.35. The molecule has 0 radical (unpaired) electrons. The van der Waals surface area contributed by atoms with Crippen LogP contribution in [0.25, 0.3) is 0 Å². The van der Waals surface area contributed by atoms with Crippen LogP contribution < -0.4 is 53.0 Å². The SMILES string of the molecule is COc1c(C)c[c-]cc1C.[Br-].[Cl-].[Li+].[Mg+2]. The van der Waals surface area contributed by atoms with Crippen LogP contribution in [0.1, 0.15) is 11.1 Å². The predicted octanol–water partition coefficient (Wildman–Crippen LogP) is -7.26. The van der Waals surface area contributed by atoms with Crippen molar-refractivity contribution in [2.75, 3.05) is 7.11 Å². The van der Waals surface area contributed by atoms with Crippen molar-refractivity contribution in [1.82, 2.24) is 0 Å². The number of hydrogen-bond donors (Lipinski definition) is 0. The molecule has 1 nitrogen and oxygen atoms in total. The molecule has 0 aliphatic heterocycles. The Bertz CT molecular complexity index is 228. The zero-order chi connectivity index (χ0) is 7.56. The van der Waals surface area contributed by atoms with Crippen molar-refractivity contribution in [2.45, 2.75) is 13.8 Å². The second-order valence-corrected chi connectivity index (χ2v) is 2.35. The zero-order valence-corrected chi connectivity index (χ0v) is 12.8. The normalized spacial score (nSPS) is 6.79. The largest absolute Gasteiger partial charge is 2.00 e. The van der Waals surface area contributed by atoms with Crippen molar-refractivity contribution < 1.29 is 53.0 Å². The van der Waals surface area contributed by atoms with Gasteiger partial charge in [0.05, 0.1) is 7.11 Å². The van der Waals surface area contributed by atoms with Gasteiger partial charge in [0.2, 0.25) is 0 Å². The molecule has 1 aromatic rings. The molecule has 0 unspecified atom stereocenters. The van der Waals surface area contributed by atoms with Crippen LogP contribution in [0.3, 0.4) is 0 Å². The standard InChI is InChI=1S/C9H11O.BrH.ClH.Li.Mg/c1-7-5-4-6-8(2)9(7)10-3;;;;/h5-6H,1-3H3;2*1H;;/q-1;;;+1;+2/p-2. The minimum atomic E-state index is 0. The average molecular weight is 282 g/mol. The van der Waals surface area contributed by atoms with Gasteiger partial charge in [0.15, 0.2) is 0 Å². The third-order valence-corrected chi connectivity index (χ3v) is 1.52. The summed E-state index contributed by atoms with van der Waals surface area (Å²) in [5.74, 6) is 0.971. The molecule has 1 rings (SSSR count). The summed E-state index contributed by atoms with van der Waals surface area (Å²) in [5.41, 5.74) is 2.28. The van der Waals surface area contributed by atoms with Crippen LogP contribution in [-0.2, 0) is 0 Å². The van der Waals surface area contributed by atoms with Crippen LogP contribution in [0.15, 0.2) is 12.1 Å². The van der Waals surface area contributed by atoms with E-state index in [9.17, 15) is 0 Å². The van der Waals surface area contributed by atoms with E-state index < -0.39 is 0 Å². The summed E-state index contributed by atoms with van der Waals surface area (Å²) < 4.78 is 5.16. The van der Waals surface area contributed by atoms with E-state index in [0.29, 0.717) is 0 Å². The summed E-state index contributed by atoms with van der Waals surface area (Å²) in [5, 5.41) is 0. The number of benzene rings is 1. The van der Waals surface area contributed by atoms with Gasteiger partial charge in [0.25, 0.3) is 0 Å². The first kappa shape index (κ1) is 24.4. The molecule has 0 N–H and O–H groups in total. The Hall–Kier alpha value is 1.15. The van der Waals surface area contributed by atoms with Crippen molar-refractivity contribution >= 4 is 23.1 Å². The monoisotopic (exact) mass is 280 g/mol. The fourth-order valence-corrected chi connectivity index (χ4v) is 1.06. The van der Waals surface area contributed by atoms with Gasteiger partial charge in [-0.1, -0.05) is 13.8 Å². The Morgan fingerprint density at radius 2 is 1.50 bits per heavy atom. The number of halogens is 2. The third-order valence-electron chi connectivity index (χ3n) is 1.52. The molecule has 0 spiro atoms. The minimum Gasteiger partial charge on any atom is -1.00 e. The van der Waals surface area contributed by atoms with E-state index in [2.05, 4.69) is 6.07 Å². The van der Waals surface area contributed by atoms with Gasteiger partial charge in [-0.3, -0.25) is 0 Å². The zero-order valence-electron chi connectivity index (χ0n) is 9.03. The van der Waals surface area contributed by atoms with Crippen LogP contribution in [0, 0.1) is 19.9 Å². The van der Waals surface area contributed by atoms with E-state index in [4.69, 9.17) is 4.74 Å². The molecule has 0 aliphatic rings. The molecule has 0 aliphatic carbocycles. The molecule has 0 saturated carbocycles. The Kier molecular flexibility index (Phi) is 21.3. The molecule has 0 aromatic heterocycles. The Balaban J connectivity index is -0.000000125. The van der Waals surface area contributed by atoms with Crippen LogP contribution in [0.5, 0.6) is 5.75 Å². The van der Waals surface area contributed by atoms with Crippen molar-refractivity contribution in [3.63, 3.8) is 0 Å². The molecule has 0 bridgehead atoms. The molecule has 0 heterocycles. The van der Waals surface area contributed by atoms with Crippen molar-refractivity contribution in [3.05, 3.63) is 29.3 Å². The van der Waals surface area contributed by atoms with Crippen molar-refractivity contribution in [2.24, 2.45) is 0 Å². The number of ether oxygens (including phenoxy) is 1. The van der Waals surface area contributed by atoms with E-state index in [-0.39, 0.29) is 71.3 Å². The molecule has 14 heavy (non-hydrogen) atoms. The van der Waals surface area contributed by atoms with Gasteiger partial charge < -0.3 is 34.1 Å². The van der Waals surface area contributed by atoms with Gasteiger partial charge >= 0.3 is 41.9 Å². The van der Waals surface area contributed by atoms with Crippen LogP contribution >= 0.6 is 0 Å². The Labute approximate surface area is 131 Å². The van der Waals surface area contributed by atoms with Gasteiger partial charge in [-0.2, -0.15) is 18.2 Å². The fourth-order valence-electron chi connectivity index (χ4n) is 1.06. The Morgan fingerprint density at radius 3 is 1.71 bits per heavy atom. The summed E-state index contributed by atoms with van der Waals surface area (Å²) in [7, 11) is 1.69. The van der Waals surface area contributed by atoms with Crippen LogP contribution in [0.4, 0.5) is 0 Å². The van der Waals surface area contributed by atoms with Gasteiger partial charge in [0, 0.05) is 5.75 Å². The summed E-state index contributed by atoms with van der Waals surface area (Å²) in [6.07, 6.45) is 0. The quantitative estimate of drug-likeness (QED) is 0.367. The van der Waals surface area contributed by atoms with E-state index in [1.807, 2.05) is 26.0 Å². The summed E-state index contributed by atoms with van der Waals surface area (Å²) in [6, 6.07) is 6.87. The van der Waals surface area contributed by atoms with E-state index in [1.54, 1.807) is 7.11 Å². The molecule has 0 fully saturated rings. The first-order valence-corrected chi connectivity index (χ1v) is 3.27. The van der Waals surface area contributed by atoms with Gasteiger partial charge in [0.1, 0.15) is 0 Å². The van der Waals surface area contributed by atoms with Gasteiger partial charge in [-0.15, -0.1) is 11.1 Å². The first-order chi connectivity index (χ1) is 4.75. The average Bonchev–Trinajstić information content (AvgIpc) is 1.88. The van der Waals surface area contributed by atoms with Crippen LogP contribution in [0.2, 0.25) is 0 Å². The molecular weight excluding hydrogens is 271 g/mol. The maximum atomic E-state index is 5.16. The Morgan fingerprint density at radius 1 is 1.14 bits per heavy atom. The predicted molar refractivity (Wildman–Crippen MR) is 47.1 cm³/mol. The number of hydrogen-bond acceptors (Lipinski definition) is 1. The van der Waals surface area contributed by atoms with E-state index >= 15 is 0 Å². The maximum Gasteiger partial charge on any atom is 2.00 e. The van der Waals surface area contributed by atoms with Gasteiger partial charge in [-0.25, -0.2) is 0 Å². The van der Waals surface area contributed by atoms with Gasteiger partial charge in [-0.05, 0) is 0 Å². The first-order valence-electron chi connectivity index (χ1n) is 3.27. The minimum absolute atomic E-state index is 0. The third kappa shape index (κ3) is 6.60. The van der Waals surface area contributed by atoms with E-state index in [1.165, 1.54) is 0 Å². The summed E-state index contributed by atoms with van der Waals surface area (Å²) >= 11 is 0. The van der Waals surface area contributed by atoms with E-state index in [0.717, 1.165) is 16.9 Å². The molecule has 0 atom stereocenters. The fraction of sp³-hybridized carbons (Fsp3) is 0.333. The molecule has 70 valence electrons. The number of aryl methyl sites for hydroxylation is 2.